The molecule has 0 saturated carbocycles. The zero-order valence-corrected chi connectivity index (χ0v) is 68.8. The summed E-state index contributed by atoms with van der Waals surface area (Å²) in [7, 11) is -34.8. The maximum Gasteiger partial charge on any atom is 0.327 e. The molecule has 2 aromatic heterocycles. The molecule has 4 aromatic carbocycles. The molecule has 2 aliphatic rings. The third kappa shape index (κ3) is 24.3. The molecule has 0 spiro atoms. The molecule has 6 aromatic rings. The molecule has 17 N–H and O–H groups in total. The Hall–Kier alpha value is -11.1. The maximum absolute atomic E-state index is 14.5. The summed E-state index contributed by atoms with van der Waals surface area (Å²) in [6.07, 6.45) is 5.28. The number of carboxylic acids is 4. The summed E-state index contributed by atoms with van der Waals surface area (Å²) in [4.78, 5) is 140. The number of aliphatic carboxylic acids is 4. The number of allylic oxidation sites excluding steroid dienone is 6. The van der Waals surface area contributed by atoms with E-state index in [1.165, 1.54) is 97.9 Å². The van der Waals surface area contributed by atoms with Crippen molar-refractivity contribution in [3.8, 4) is 0 Å². The Morgan fingerprint density at radius 2 is 1.03 bits per heavy atom. The molecule has 0 radical (unpaired) electrons. The lowest BCUT2D eigenvalue weighted by atomic mass is 9.78. The van der Waals surface area contributed by atoms with E-state index in [0.717, 1.165) is 30.5 Å². The molecular formula is C66H72N12O34S8. The normalized spacial score (nSPS) is 15.8. The van der Waals surface area contributed by atoms with E-state index in [0.29, 0.717) is 11.3 Å². The molecule has 0 bridgehead atoms. The van der Waals surface area contributed by atoms with Gasteiger partial charge in [-0.1, -0.05) is 37.3 Å². The van der Waals surface area contributed by atoms with E-state index in [4.69, 9.17) is 5.14 Å². The van der Waals surface area contributed by atoms with Crippen molar-refractivity contribution in [2.75, 3.05) is 64.4 Å². The van der Waals surface area contributed by atoms with Crippen molar-refractivity contribution in [3.05, 3.63) is 141 Å². The average Bonchev–Trinajstić information content (AvgIpc) is 1.56. The highest BCUT2D eigenvalue weighted by molar-refractivity contribution is 7.91. The Labute approximate surface area is 684 Å². The number of nitrogens with one attached hydrogen (secondary N) is 6. The van der Waals surface area contributed by atoms with Crippen LogP contribution < -0.4 is 41.9 Å². The molecule has 6 amide bonds. The Morgan fingerprint density at radius 3 is 1.47 bits per heavy atom. The highest BCUT2D eigenvalue weighted by Crippen LogP contribution is 2.52. The number of amides is 6. The van der Waals surface area contributed by atoms with Gasteiger partial charge in [0.1, 0.15) is 53.7 Å². The number of aromatic nitrogens is 3. The number of nitrogens with two attached hydrogens (primary N) is 1. The molecule has 46 nitrogen and oxygen atoms in total. The third-order valence-corrected chi connectivity index (χ3v) is 24.9. The third-order valence-electron chi connectivity index (χ3n) is 18.1. The van der Waals surface area contributed by atoms with Crippen LogP contribution in [0.4, 0.5) is 16.5 Å². The van der Waals surface area contributed by atoms with Crippen LogP contribution in [0.15, 0.2) is 101 Å². The predicted molar refractivity (Wildman–Crippen MR) is 419 cm³/mol. The minimum absolute atomic E-state index is 0.0172. The average molecular weight is 1830 g/mol. The SMILES string of the molecule is CC1(C)C(=CC=C(C=CC2=[N+](CCCS(=O)(=O)[O-])c3ccc4c(C(=O)NC(CS(=O)(=O)O)C(=O)O)cc(C(=O)NC(CS(=O)(=O)O)C(=O)O)cc4c3C2(C)C)c2ccc(C(=O)NCCC(=O)Nc3nnc(S(N)(=O)=O)s3)cn2)N(CCCS(=O)(=O)O)c2ccc3c(C(=O)NC(CS(=O)(=O)O)C(=O)O)cc(C(=O)NC(CS(=O)(=O)O)C(=O)O)cc3c21. The summed E-state index contributed by atoms with van der Waals surface area (Å²) in [5.41, 5.74) is -5.67. The molecule has 54 heteroatoms. The molecule has 4 atom stereocenters. The van der Waals surface area contributed by atoms with Gasteiger partial charge in [-0.05, 0) is 108 Å². The smallest absolute Gasteiger partial charge is 0.327 e. The molecule has 4 unspecified atom stereocenters. The van der Waals surface area contributed by atoms with Crippen LogP contribution in [0.5, 0.6) is 0 Å². The minimum atomic E-state index is -5.19. The molecular weight excluding hydrogens is 1760 g/mol. The second-order valence-electron chi connectivity index (χ2n) is 27.7. The second kappa shape index (κ2) is 36.0. The minimum Gasteiger partial charge on any atom is -0.748 e. The number of carboxylic acid groups (broad SMARTS) is 4. The lowest BCUT2D eigenvalue weighted by Gasteiger charge is -2.27. The zero-order valence-electron chi connectivity index (χ0n) is 62.3. The lowest BCUT2D eigenvalue weighted by molar-refractivity contribution is -0.437. The fourth-order valence-corrected chi connectivity index (χ4v) is 17.9. The van der Waals surface area contributed by atoms with Gasteiger partial charge < -0.3 is 61.8 Å². The van der Waals surface area contributed by atoms with E-state index in [2.05, 4.69) is 25.8 Å². The molecule has 2 aliphatic heterocycles. The van der Waals surface area contributed by atoms with Crippen molar-refractivity contribution in [1.82, 2.24) is 41.8 Å². The predicted octanol–water partition coefficient (Wildman–Crippen LogP) is -1.16. The molecule has 0 fully saturated rings. The number of pyridine rings is 1. The number of anilines is 2. The van der Waals surface area contributed by atoms with Crippen LogP contribution in [0.3, 0.4) is 0 Å². The Balaban J connectivity index is 1.38. The van der Waals surface area contributed by atoms with E-state index in [1.807, 2.05) is 21.3 Å². The first-order chi connectivity index (χ1) is 55.1. The van der Waals surface area contributed by atoms with Crippen molar-refractivity contribution in [3.63, 3.8) is 0 Å². The van der Waals surface area contributed by atoms with Gasteiger partial charge in [-0.2, -0.15) is 46.7 Å². The van der Waals surface area contributed by atoms with Crippen LogP contribution in [0.2, 0.25) is 0 Å². The zero-order chi connectivity index (χ0) is 89.9. The molecule has 4 heterocycles. The Kier molecular flexibility index (Phi) is 28.3. The Morgan fingerprint density at radius 1 is 0.558 bits per heavy atom. The second-order valence-corrected chi connectivity index (χ2v) is 39.5. The lowest BCUT2D eigenvalue weighted by Crippen LogP contribution is -2.46. The van der Waals surface area contributed by atoms with E-state index < -0.39 is 252 Å². The van der Waals surface area contributed by atoms with Crippen molar-refractivity contribution in [2.45, 2.75) is 86.3 Å². The van der Waals surface area contributed by atoms with Gasteiger partial charge in [-0.3, -0.25) is 56.5 Å². The van der Waals surface area contributed by atoms with Crippen LogP contribution in [0.25, 0.3) is 27.1 Å². The quantitative estimate of drug-likeness (QED) is 0.00941. The number of hydrogen-bond donors (Lipinski definition) is 16. The number of hydrogen-bond acceptors (Lipinski definition) is 30. The molecule has 0 saturated heterocycles. The summed E-state index contributed by atoms with van der Waals surface area (Å²) in [5, 5.41) is 63.4. The molecule has 0 aliphatic carbocycles. The van der Waals surface area contributed by atoms with Crippen molar-refractivity contribution >= 4 is 191 Å². The summed E-state index contributed by atoms with van der Waals surface area (Å²) in [6.45, 7) is 4.96. The monoisotopic (exact) mass is 1830 g/mol. The first kappa shape index (κ1) is 94.4. The van der Waals surface area contributed by atoms with Gasteiger partial charge in [0, 0.05) is 100 Å². The molecule has 8 rings (SSSR count). The number of nitrogens with zero attached hydrogens (tertiary/aromatic N) is 5. The van der Waals surface area contributed by atoms with Crippen LogP contribution in [-0.4, -0.2) is 270 Å². The number of benzene rings is 4. The highest BCUT2D eigenvalue weighted by Gasteiger charge is 2.47. The van der Waals surface area contributed by atoms with E-state index in [1.54, 1.807) is 0 Å². The van der Waals surface area contributed by atoms with Gasteiger partial charge in [0.2, 0.25) is 21.1 Å². The van der Waals surface area contributed by atoms with E-state index >= 15 is 0 Å². The number of carbonyl (C=O) groups excluding carboxylic acids is 6. The summed E-state index contributed by atoms with van der Waals surface area (Å²) in [5.74, 6) is -24.0. The number of rotatable bonds is 38. The molecule has 120 heavy (non-hydrogen) atoms. The van der Waals surface area contributed by atoms with Gasteiger partial charge in [-0.15, -0.1) is 10.2 Å². The van der Waals surface area contributed by atoms with Crippen LogP contribution in [0.1, 0.15) is 116 Å². The Bertz CT molecular complexity index is 6290. The summed E-state index contributed by atoms with van der Waals surface area (Å²) < 4.78 is 231. The summed E-state index contributed by atoms with van der Waals surface area (Å²) >= 11 is 0.429. The van der Waals surface area contributed by atoms with Crippen LogP contribution >= 0.6 is 11.3 Å². The first-order valence-corrected chi connectivity index (χ1v) is 46.1. The van der Waals surface area contributed by atoms with Gasteiger partial charge in [-0.25, -0.2) is 41.2 Å². The van der Waals surface area contributed by atoms with Crippen LogP contribution in [-0.2, 0) is 106 Å². The molecule has 648 valence electrons. The van der Waals surface area contributed by atoms with Gasteiger partial charge in [0.05, 0.1) is 32.5 Å². The van der Waals surface area contributed by atoms with Gasteiger partial charge >= 0.3 is 23.9 Å². The highest BCUT2D eigenvalue weighted by atomic mass is 32.3. The van der Waals surface area contributed by atoms with E-state index in [-0.39, 0.29) is 90.5 Å². The fourth-order valence-electron chi connectivity index (χ4n) is 13.0. The van der Waals surface area contributed by atoms with E-state index in [9.17, 15) is 155 Å². The number of sulfonamides is 1. The van der Waals surface area contributed by atoms with Gasteiger partial charge in [0.15, 0.2) is 5.71 Å². The summed E-state index contributed by atoms with van der Waals surface area (Å²) in [6, 6.07) is 1.65. The van der Waals surface area contributed by atoms with Crippen molar-refractivity contribution < 1.29 is 159 Å². The van der Waals surface area contributed by atoms with Gasteiger partial charge in [0.25, 0.3) is 90.1 Å². The van der Waals surface area contributed by atoms with Crippen LogP contribution in [0, 0.1) is 0 Å². The number of fused-ring (bicyclic) bond motifs is 6. The maximum atomic E-state index is 14.5. The fraction of sp³-hybridized carbons (Fsp3) is 0.333. The number of primary sulfonamides is 1. The topological polar surface area (TPSA) is 758 Å². The number of carbonyl (C=O) groups is 10. The standard InChI is InChI=1S/C66H72N12O34S8/c1-65(2)49(77(19-5-21-114(93,94)95)47-13-10-36-38(52(47)65)23-34(55(81)70-43(59(85)86)28-116(99,100)101)25-40(36)57(83)72-45(61(89)90)30-118(105,106)107)15-8-32(42-12-7-33(27-69-42)54(80)68-18-17-51(79)74-63-75-76-64(113-63)120(67,111)112)9-16-50-66(3,4)53-39-24-35(56(82)71-44(60(87)88)29-117(102,103)104)26-41(58(84)73-46(62(91)92)31-119(108,109)110)37(39)11-14-48(53)78(50)20-6-22-115(96,97)98/h7-16,23-27,43-46H,5-6,17-22,28-31H2,1-4H3,(H17-,67,68,70,71,72,73,74,75,79,80,81,82,83,84,85,86,87,88,89,90,91,92,93,94,95,96,97,98,99,100,101,102,103,104,105,106,107,108,109,110,111,112). The van der Waals surface area contributed by atoms with Crippen molar-refractivity contribution in [2.24, 2.45) is 5.14 Å². The van der Waals surface area contributed by atoms with Crippen molar-refractivity contribution in [1.29, 1.82) is 0 Å². The first-order valence-electron chi connectivity index (χ1n) is 34.1. The largest absolute Gasteiger partial charge is 0.748 e.